The van der Waals surface area contributed by atoms with E-state index in [2.05, 4.69) is 35.5 Å². The average molecular weight is 267 g/mol. The van der Waals surface area contributed by atoms with Gasteiger partial charge in [-0.3, -0.25) is 0 Å². The Balaban J connectivity index is 1.46. The first-order chi connectivity index (χ1) is 9.83. The van der Waals surface area contributed by atoms with Gasteiger partial charge >= 0.3 is 0 Å². The van der Waals surface area contributed by atoms with Crippen molar-refractivity contribution in [3.63, 3.8) is 0 Å². The van der Waals surface area contributed by atoms with E-state index in [1.165, 1.54) is 43.4 Å². The topological polar surface area (TPSA) is 21.6 Å². The predicted octanol–water partition coefficient (Wildman–Crippen LogP) is 4.01. The van der Waals surface area contributed by atoms with Gasteiger partial charge in [0.1, 0.15) is 5.60 Å². The van der Waals surface area contributed by atoms with Crippen molar-refractivity contribution in [1.29, 1.82) is 0 Å². The number of hydrogen-bond donors (Lipinski definition) is 0. The molecule has 1 aliphatic heterocycles. The normalized spacial score (nSPS) is 44.7. The molecule has 1 heterocycles. The maximum atomic E-state index is 6.17. The molecule has 0 radical (unpaired) electrons. The van der Waals surface area contributed by atoms with Crippen LogP contribution < -0.4 is 0 Å². The van der Waals surface area contributed by atoms with Gasteiger partial charge in [0.05, 0.1) is 5.71 Å². The van der Waals surface area contributed by atoms with E-state index in [4.69, 9.17) is 4.84 Å². The van der Waals surface area contributed by atoms with Crippen molar-refractivity contribution >= 4 is 5.71 Å². The molecular weight excluding hydrogens is 246 g/mol. The molecular formula is C18H21NO. The van der Waals surface area contributed by atoms with Crippen molar-refractivity contribution < 1.29 is 4.84 Å². The first kappa shape index (κ1) is 11.4. The fraction of sp³-hybridized carbons (Fsp3) is 0.611. The van der Waals surface area contributed by atoms with Crippen molar-refractivity contribution in [2.75, 3.05) is 0 Å². The highest BCUT2D eigenvalue weighted by Crippen LogP contribution is 2.62. The summed E-state index contributed by atoms with van der Waals surface area (Å²) in [6.45, 7) is 0. The van der Waals surface area contributed by atoms with Gasteiger partial charge in [-0.2, -0.15) is 0 Å². The highest BCUT2D eigenvalue weighted by molar-refractivity contribution is 6.01. The van der Waals surface area contributed by atoms with Gasteiger partial charge < -0.3 is 4.84 Å². The van der Waals surface area contributed by atoms with E-state index < -0.39 is 0 Å². The van der Waals surface area contributed by atoms with Gasteiger partial charge in [0.15, 0.2) is 0 Å². The van der Waals surface area contributed by atoms with Crippen LogP contribution in [-0.2, 0) is 4.84 Å². The van der Waals surface area contributed by atoms with Crippen LogP contribution in [0, 0.1) is 23.7 Å². The third-order valence-electron chi connectivity index (χ3n) is 6.40. The van der Waals surface area contributed by atoms with Gasteiger partial charge in [-0.25, -0.2) is 0 Å². The van der Waals surface area contributed by atoms with E-state index in [-0.39, 0.29) is 5.60 Å². The molecule has 2 heteroatoms. The molecule has 4 aliphatic carbocycles. The summed E-state index contributed by atoms with van der Waals surface area (Å²) < 4.78 is 0. The van der Waals surface area contributed by atoms with Crippen LogP contribution >= 0.6 is 0 Å². The van der Waals surface area contributed by atoms with E-state index in [1.807, 2.05) is 0 Å². The van der Waals surface area contributed by atoms with Crippen LogP contribution in [0.25, 0.3) is 0 Å². The van der Waals surface area contributed by atoms with E-state index >= 15 is 0 Å². The zero-order valence-electron chi connectivity index (χ0n) is 11.8. The predicted molar refractivity (Wildman–Crippen MR) is 78.5 cm³/mol. The van der Waals surface area contributed by atoms with Gasteiger partial charge in [-0.1, -0.05) is 35.5 Å². The molecule has 5 aliphatic rings. The lowest BCUT2D eigenvalue weighted by atomic mass is 9.49. The van der Waals surface area contributed by atoms with Crippen LogP contribution in [0.5, 0.6) is 0 Å². The lowest BCUT2D eigenvalue weighted by Crippen LogP contribution is -2.57. The summed E-state index contributed by atoms with van der Waals surface area (Å²) in [5.74, 6) is 3.52. The Labute approximate surface area is 120 Å². The SMILES string of the molecule is c1ccc(C2=NOC3(C2)C2CC4CC(C2)CC3C4)cc1. The first-order valence-corrected chi connectivity index (χ1v) is 8.14. The summed E-state index contributed by atoms with van der Waals surface area (Å²) in [5.41, 5.74) is 2.50. The van der Waals surface area contributed by atoms with Crippen LogP contribution in [-0.4, -0.2) is 11.3 Å². The molecule has 0 unspecified atom stereocenters. The Morgan fingerprint density at radius 1 is 0.900 bits per heavy atom. The molecule has 4 fully saturated rings. The summed E-state index contributed by atoms with van der Waals surface area (Å²) in [5, 5.41) is 4.52. The minimum Gasteiger partial charge on any atom is -0.388 e. The van der Waals surface area contributed by atoms with Crippen molar-refractivity contribution in [3.05, 3.63) is 35.9 Å². The molecule has 0 saturated heterocycles. The number of oxime groups is 1. The summed E-state index contributed by atoms with van der Waals surface area (Å²) in [7, 11) is 0. The Bertz CT molecular complexity index is 534. The van der Waals surface area contributed by atoms with Gasteiger partial charge in [-0.05, 0) is 49.5 Å². The van der Waals surface area contributed by atoms with Crippen molar-refractivity contribution in [2.45, 2.75) is 44.1 Å². The largest absolute Gasteiger partial charge is 0.388 e. The number of benzene rings is 1. The lowest BCUT2D eigenvalue weighted by Gasteiger charge is -2.58. The van der Waals surface area contributed by atoms with Crippen molar-refractivity contribution in [3.8, 4) is 0 Å². The third kappa shape index (κ3) is 1.43. The molecule has 2 nitrogen and oxygen atoms in total. The van der Waals surface area contributed by atoms with E-state index in [0.29, 0.717) is 0 Å². The van der Waals surface area contributed by atoms with Crippen LogP contribution in [0.2, 0.25) is 0 Å². The molecule has 104 valence electrons. The van der Waals surface area contributed by atoms with Crippen LogP contribution in [0.4, 0.5) is 0 Å². The summed E-state index contributed by atoms with van der Waals surface area (Å²) >= 11 is 0. The maximum Gasteiger partial charge on any atom is 0.149 e. The molecule has 6 rings (SSSR count). The van der Waals surface area contributed by atoms with E-state index in [1.54, 1.807) is 0 Å². The smallest absolute Gasteiger partial charge is 0.149 e. The molecule has 4 bridgehead atoms. The Hall–Kier alpha value is -1.31. The maximum absolute atomic E-state index is 6.17. The Morgan fingerprint density at radius 2 is 1.55 bits per heavy atom. The second-order valence-corrected chi connectivity index (χ2v) is 7.43. The van der Waals surface area contributed by atoms with Crippen molar-refractivity contribution in [1.82, 2.24) is 0 Å². The van der Waals surface area contributed by atoms with E-state index in [0.717, 1.165) is 30.1 Å². The standard InChI is InChI=1S/C18H21NO/c1-2-4-14(5-3-1)17-11-18(20-19-17)15-7-12-6-13(9-15)10-16(18)8-12/h1-5,12-13,15-16H,6-11H2. The monoisotopic (exact) mass is 267 g/mol. The molecule has 1 aromatic rings. The van der Waals surface area contributed by atoms with Gasteiger partial charge in [-0.15, -0.1) is 0 Å². The highest BCUT2D eigenvalue weighted by Gasteiger charge is 2.61. The summed E-state index contributed by atoms with van der Waals surface area (Å²) in [6, 6.07) is 10.6. The Morgan fingerprint density at radius 3 is 2.20 bits per heavy atom. The summed E-state index contributed by atoms with van der Waals surface area (Å²) in [6.07, 6.45) is 8.12. The second kappa shape index (κ2) is 3.87. The molecule has 1 aromatic carbocycles. The highest BCUT2D eigenvalue weighted by atomic mass is 16.7. The average Bonchev–Trinajstić information content (AvgIpc) is 2.91. The van der Waals surface area contributed by atoms with Crippen molar-refractivity contribution in [2.24, 2.45) is 28.8 Å². The molecule has 0 aromatic heterocycles. The van der Waals surface area contributed by atoms with E-state index in [9.17, 15) is 0 Å². The summed E-state index contributed by atoms with van der Waals surface area (Å²) in [4.78, 5) is 6.17. The number of rotatable bonds is 1. The zero-order valence-corrected chi connectivity index (χ0v) is 11.8. The van der Waals surface area contributed by atoms with Gasteiger partial charge in [0, 0.05) is 18.3 Å². The fourth-order valence-corrected chi connectivity index (χ4v) is 5.67. The van der Waals surface area contributed by atoms with Crippen LogP contribution in [0.15, 0.2) is 35.5 Å². The molecule has 20 heavy (non-hydrogen) atoms. The van der Waals surface area contributed by atoms with Crippen LogP contribution in [0.3, 0.4) is 0 Å². The number of hydrogen-bond acceptors (Lipinski definition) is 2. The molecule has 1 spiro atoms. The molecule has 0 atom stereocenters. The van der Waals surface area contributed by atoms with Gasteiger partial charge in [0.2, 0.25) is 0 Å². The molecule has 4 saturated carbocycles. The minimum absolute atomic E-state index is 0.0681. The molecule has 0 amide bonds. The lowest BCUT2D eigenvalue weighted by molar-refractivity contribution is -0.190. The zero-order chi connectivity index (χ0) is 13.2. The minimum atomic E-state index is 0.0681. The second-order valence-electron chi connectivity index (χ2n) is 7.43. The third-order valence-corrected chi connectivity index (χ3v) is 6.40. The van der Waals surface area contributed by atoms with Crippen LogP contribution in [0.1, 0.15) is 44.1 Å². The van der Waals surface area contributed by atoms with Gasteiger partial charge in [0.25, 0.3) is 0 Å². The first-order valence-electron chi connectivity index (χ1n) is 8.14. The Kier molecular flexibility index (Phi) is 2.20. The molecule has 0 N–H and O–H groups in total. The quantitative estimate of drug-likeness (QED) is 0.753. The number of nitrogens with zero attached hydrogens (tertiary/aromatic N) is 1. The fourth-order valence-electron chi connectivity index (χ4n) is 5.67.